The molecule has 0 amide bonds. The van der Waals surface area contributed by atoms with Gasteiger partial charge in [-0.3, -0.25) is 9.52 Å². The van der Waals surface area contributed by atoms with Crippen LogP contribution in [0, 0.1) is 11.3 Å². The van der Waals surface area contributed by atoms with E-state index in [0.717, 1.165) is 12.5 Å². The predicted molar refractivity (Wildman–Crippen MR) is 92.2 cm³/mol. The van der Waals surface area contributed by atoms with Crippen LogP contribution < -0.4 is 14.9 Å². The van der Waals surface area contributed by atoms with E-state index in [4.69, 9.17) is 14.4 Å². The van der Waals surface area contributed by atoms with Gasteiger partial charge in [0.1, 0.15) is 29.2 Å². The summed E-state index contributed by atoms with van der Waals surface area (Å²) in [6, 6.07) is 13.1. The van der Waals surface area contributed by atoms with Gasteiger partial charge in [-0.2, -0.15) is 5.26 Å². The molecular formula is C17H12N2O5S. The molecule has 126 valence electrons. The van der Waals surface area contributed by atoms with Crippen LogP contribution in [0.25, 0.3) is 11.0 Å². The van der Waals surface area contributed by atoms with E-state index in [1.165, 1.54) is 12.1 Å². The normalized spacial score (nSPS) is 11.0. The third-order valence-electron chi connectivity index (χ3n) is 3.26. The molecule has 0 aliphatic carbocycles. The Morgan fingerprint density at radius 3 is 2.56 bits per heavy atom. The van der Waals surface area contributed by atoms with Crippen molar-refractivity contribution in [2.24, 2.45) is 0 Å². The van der Waals surface area contributed by atoms with Gasteiger partial charge in [0.05, 0.1) is 17.3 Å². The number of nitrogens with one attached hydrogen (secondary N) is 1. The van der Waals surface area contributed by atoms with Crippen molar-refractivity contribution in [1.29, 1.82) is 5.26 Å². The molecule has 0 saturated carbocycles. The van der Waals surface area contributed by atoms with E-state index in [0.29, 0.717) is 5.75 Å². The molecule has 0 unspecified atom stereocenters. The first-order valence-electron chi connectivity index (χ1n) is 7.08. The van der Waals surface area contributed by atoms with E-state index in [-0.39, 0.29) is 28.0 Å². The number of hydrogen-bond acceptors (Lipinski definition) is 6. The van der Waals surface area contributed by atoms with Crippen molar-refractivity contribution in [2.45, 2.75) is 0 Å². The molecule has 25 heavy (non-hydrogen) atoms. The van der Waals surface area contributed by atoms with E-state index < -0.39 is 15.5 Å². The standard InChI is InChI=1S/C17H12N2O5S/c1-25(21,22)19-14-8-15-13(17(20)11(9-18)10-23-15)7-16(14)24-12-5-3-2-4-6-12/h2-8,10,19H,1H3. The highest BCUT2D eigenvalue weighted by Gasteiger charge is 2.15. The van der Waals surface area contributed by atoms with Crippen LogP contribution in [0.3, 0.4) is 0 Å². The molecule has 2 aromatic carbocycles. The fraction of sp³-hybridized carbons (Fsp3) is 0.0588. The number of nitriles is 1. The SMILES string of the molecule is CS(=O)(=O)Nc1cc2occ(C#N)c(=O)c2cc1Oc1ccccc1. The molecule has 1 heterocycles. The zero-order chi connectivity index (χ0) is 18.0. The molecule has 0 atom stereocenters. The first-order valence-corrected chi connectivity index (χ1v) is 8.97. The van der Waals surface area contributed by atoms with Crippen LogP contribution in [-0.4, -0.2) is 14.7 Å². The Hall–Kier alpha value is -3.31. The van der Waals surface area contributed by atoms with Crippen molar-refractivity contribution in [2.75, 3.05) is 11.0 Å². The molecule has 0 spiro atoms. The van der Waals surface area contributed by atoms with Crippen LogP contribution in [-0.2, 0) is 10.0 Å². The minimum absolute atomic E-state index is 0.115. The molecule has 3 aromatic rings. The summed E-state index contributed by atoms with van der Waals surface area (Å²) in [5.74, 6) is 0.575. The molecule has 0 saturated heterocycles. The zero-order valence-electron chi connectivity index (χ0n) is 13.0. The maximum atomic E-state index is 12.3. The minimum atomic E-state index is -3.59. The van der Waals surface area contributed by atoms with Crippen molar-refractivity contribution in [3.63, 3.8) is 0 Å². The average Bonchev–Trinajstić information content (AvgIpc) is 2.56. The second-order valence-electron chi connectivity index (χ2n) is 5.22. The number of rotatable bonds is 4. The molecule has 0 aliphatic heterocycles. The summed E-state index contributed by atoms with van der Waals surface area (Å²) < 4.78 is 36.5. The number of benzene rings is 2. The van der Waals surface area contributed by atoms with E-state index in [2.05, 4.69) is 4.72 Å². The Labute approximate surface area is 143 Å². The zero-order valence-corrected chi connectivity index (χ0v) is 13.8. The second kappa shape index (κ2) is 6.30. The fourth-order valence-electron chi connectivity index (χ4n) is 2.21. The number of hydrogen-bond donors (Lipinski definition) is 1. The lowest BCUT2D eigenvalue weighted by Crippen LogP contribution is -2.11. The first-order chi connectivity index (χ1) is 11.9. The maximum absolute atomic E-state index is 12.3. The van der Waals surface area contributed by atoms with Gasteiger partial charge in [0, 0.05) is 6.07 Å². The number of anilines is 1. The van der Waals surface area contributed by atoms with Crippen molar-refractivity contribution < 1.29 is 17.6 Å². The van der Waals surface area contributed by atoms with Gasteiger partial charge in [-0.25, -0.2) is 8.42 Å². The quantitative estimate of drug-likeness (QED) is 0.770. The van der Waals surface area contributed by atoms with E-state index in [1.807, 2.05) is 0 Å². The summed E-state index contributed by atoms with van der Waals surface area (Å²) in [5, 5.41) is 9.07. The molecule has 0 bridgehead atoms. The Balaban J connectivity index is 2.22. The van der Waals surface area contributed by atoms with Crippen molar-refractivity contribution in [1.82, 2.24) is 0 Å². The highest BCUT2D eigenvalue weighted by atomic mass is 32.2. The summed E-state index contributed by atoms with van der Waals surface area (Å²) >= 11 is 0. The van der Waals surface area contributed by atoms with Gasteiger partial charge >= 0.3 is 0 Å². The van der Waals surface area contributed by atoms with Crippen LogP contribution in [0.5, 0.6) is 11.5 Å². The van der Waals surface area contributed by atoms with E-state index >= 15 is 0 Å². The predicted octanol–water partition coefficient (Wildman–Crippen LogP) is 2.83. The van der Waals surface area contributed by atoms with Crippen LogP contribution in [0.15, 0.2) is 57.9 Å². The van der Waals surface area contributed by atoms with Crippen molar-refractivity contribution >= 4 is 26.7 Å². The van der Waals surface area contributed by atoms with Crippen molar-refractivity contribution in [3.8, 4) is 17.6 Å². The molecule has 0 fully saturated rings. The summed E-state index contributed by atoms with van der Waals surface area (Å²) in [4.78, 5) is 12.3. The largest absolute Gasteiger partial charge is 0.463 e. The molecule has 0 radical (unpaired) electrons. The van der Waals surface area contributed by atoms with Gasteiger partial charge in [0.2, 0.25) is 15.5 Å². The van der Waals surface area contributed by atoms with Gasteiger partial charge in [0.25, 0.3) is 0 Å². The van der Waals surface area contributed by atoms with Crippen molar-refractivity contribution in [3.05, 3.63) is 64.5 Å². The average molecular weight is 356 g/mol. The number of nitrogens with zero attached hydrogens (tertiary/aromatic N) is 1. The molecular weight excluding hydrogens is 344 g/mol. The third-order valence-corrected chi connectivity index (χ3v) is 3.85. The van der Waals surface area contributed by atoms with Gasteiger partial charge in [0.15, 0.2) is 5.75 Å². The number of fused-ring (bicyclic) bond motifs is 1. The summed E-state index contributed by atoms with van der Waals surface area (Å²) in [7, 11) is -3.59. The first kappa shape index (κ1) is 16.5. The molecule has 3 rings (SSSR count). The Morgan fingerprint density at radius 2 is 1.92 bits per heavy atom. The Morgan fingerprint density at radius 1 is 1.20 bits per heavy atom. The monoisotopic (exact) mass is 356 g/mol. The molecule has 1 N–H and O–H groups in total. The summed E-state index contributed by atoms with van der Waals surface area (Å²) in [6.45, 7) is 0. The maximum Gasteiger partial charge on any atom is 0.229 e. The second-order valence-corrected chi connectivity index (χ2v) is 6.97. The number of sulfonamides is 1. The van der Waals surface area contributed by atoms with Crippen LogP contribution in [0.4, 0.5) is 5.69 Å². The Bertz CT molecular complexity index is 1150. The Kier molecular flexibility index (Phi) is 4.17. The molecule has 8 heteroatoms. The lowest BCUT2D eigenvalue weighted by atomic mass is 10.1. The van der Waals surface area contributed by atoms with E-state index in [1.54, 1.807) is 36.4 Å². The minimum Gasteiger partial charge on any atom is -0.463 e. The third kappa shape index (κ3) is 3.62. The molecule has 0 aliphatic rings. The smallest absolute Gasteiger partial charge is 0.229 e. The summed E-state index contributed by atoms with van der Waals surface area (Å²) in [6.07, 6.45) is 2.03. The van der Waals surface area contributed by atoms with Crippen LogP contribution in [0.1, 0.15) is 5.56 Å². The highest BCUT2D eigenvalue weighted by molar-refractivity contribution is 7.92. The fourth-order valence-corrected chi connectivity index (χ4v) is 2.77. The van der Waals surface area contributed by atoms with Crippen LogP contribution in [0.2, 0.25) is 0 Å². The summed E-state index contributed by atoms with van der Waals surface area (Å²) in [5.41, 5.74) is -0.420. The topological polar surface area (TPSA) is 109 Å². The lowest BCUT2D eigenvalue weighted by Gasteiger charge is -2.13. The number of ether oxygens (including phenoxy) is 1. The van der Waals surface area contributed by atoms with Crippen LogP contribution >= 0.6 is 0 Å². The highest BCUT2D eigenvalue weighted by Crippen LogP contribution is 2.33. The van der Waals surface area contributed by atoms with E-state index in [9.17, 15) is 13.2 Å². The van der Waals surface area contributed by atoms with Gasteiger partial charge in [-0.05, 0) is 18.2 Å². The number of para-hydroxylation sites is 1. The van der Waals surface area contributed by atoms with Gasteiger partial charge in [-0.1, -0.05) is 18.2 Å². The lowest BCUT2D eigenvalue weighted by molar-refractivity contribution is 0.485. The van der Waals surface area contributed by atoms with Gasteiger partial charge in [-0.15, -0.1) is 0 Å². The van der Waals surface area contributed by atoms with Gasteiger partial charge < -0.3 is 9.15 Å². The molecule has 7 nitrogen and oxygen atoms in total. The molecule has 1 aromatic heterocycles.